The zero-order chi connectivity index (χ0) is 17.2. The molecule has 4 rings (SSSR count). The Balaban J connectivity index is 1.57. The molecule has 1 aliphatic heterocycles. The van der Waals surface area contributed by atoms with Gasteiger partial charge in [0.15, 0.2) is 0 Å². The van der Waals surface area contributed by atoms with Crippen molar-refractivity contribution in [2.75, 3.05) is 18.0 Å². The number of rotatable bonds is 3. The van der Waals surface area contributed by atoms with Crippen molar-refractivity contribution in [2.45, 2.75) is 38.2 Å². The van der Waals surface area contributed by atoms with Crippen LogP contribution in [-0.4, -0.2) is 39.3 Å². The van der Waals surface area contributed by atoms with Gasteiger partial charge in [-0.25, -0.2) is 4.98 Å². The van der Waals surface area contributed by atoms with E-state index in [0.29, 0.717) is 25.1 Å². The molecule has 0 radical (unpaired) electrons. The van der Waals surface area contributed by atoms with E-state index >= 15 is 0 Å². The third kappa shape index (κ3) is 3.20. The van der Waals surface area contributed by atoms with E-state index in [9.17, 15) is 10.4 Å². The Morgan fingerprint density at radius 3 is 2.92 bits per heavy atom. The van der Waals surface area contributed by atoms with Crippen LogP contribution in [0.15, 0.2) is 24.7 Å². The number of β-amino-alcohol motifs (C(OH)–C–C–N with tert-alkyl or cyclic N) is 1. The van der Waals surface area contributed by atoms with Crippen molar-refractivity contribution in [3.8, 4) is 6.07 Å². The van der Waals surface area contributed by atoms with Gasteiger partial charge in [-0.1, -0.05) is 0 Å². The summed E-state index contributed by atoms with van der Waals surface area (Å²) in [7, 11) is 0. The first-order chi connectivity index (χ1) is 12.2. The van der Waals surface area contributed by atoms with Crippen molar-refractivity contribution in [3.63, 3.8) is 0 Å². The lowest BCUT2D eigenvalue weighted by Crippen LogP contribution is -2.24. The van der Waals surface area contributed by atoms with Crippen molar-refractivity contribution in [1.82, 2.24) is 15.0 Å². The second-order valence-corrected chi connectivity index (χ2v) is 6.92. The Bertz CT molecular complexity index is 801. The van der Waals surface area contributed by atoms with Gasteiger partial charge in [-0.15, -0.1) is 0 Å². The van der Waals surface area contributed by atoms with Crippen LogP contribution >= 0.6 is 0 Å². The molecule has 2 aromatic rings. The number of hydrogen-bond acceptors (Lipinski definition) is 6. The third-order valence-electron chi connectivity index (χ3n) is 5.20. The predicted octanol–water partition coefficient (Wildman–Crippen LogP) is 1.66. The maximum Gasteiger partial charge on any atom is 0.146 e. The maximum absolute atomic E-state index is 10.5. The molecule has 128 valence electrons. The van der Waals surface area contributed by atoms with Crippen molar-refractivity contribution in [1.29, 1.82) is 5.26 Å². The van der Waals surface area contributed by atoms with Crippen LogP contribution in [0.25, 0.3) is 0 Å². The molecule has 0 aromatic carbocycles. The maximum atomic E-state index is 10.5. The minimum Gasteiger partial charge on any atom is -0.391 e. The molecular formula is C19H21N5O. The first kappa shape index (κ1) is 16.0. The van der Waals surface area contributed by atoms with Gasteiger partial charge < -0.3 is 10.0 Å². The summed E-state index contributed by atoms with van der Waals surface area (Å²) < 4.78 is 0. The highest BCUT2D eigenvalue weighted by Crippen LogP contribution is 2.30. The standard InChI is InChI=1S/C19H21N5O/c20-9-14-7-13-3-1-2-4-17(13)23-19(14)24-11-15(18(25)12-24)8-16-10-21-5-6-22-16/h5-7,10,15,18,25H,1-4,8,11-12H2/t15-,18-/m1/s1. The second-order valence-electron chi connectivity index (χ2n) is 6.92. The molecule has 0 unspecified atom stereocenters. The fourth-order valence-electron chi connectivity index (χ4n) is 3.88. The lowest BCUT2D eigenvalue weighted by molar-refractivity contribution is 0.147. The molecule has 0 saturated carbocycles. The summed E-state index contributed by atoms with van der Waals surface area (Å²) in [5, 5.41) is 20.0. The van der Waals surface area contributed by atoms with Gasteiger partial charge in [0.2, 0.25) is 0 Å². The van der Waals surface area contributed by atoms with Gasteiger partial charge in [-0.2, -0.15) is 5.26 Å². The average molecular weight is 335 g/mol. The average Bonchev–Trinajstić information content (AvgIpc) is 3.01. The second kappa shape index (κ2) is 6.77. The molecule has 2 aliphatic rings. The van der Waals surface area contributed by atoms with E-state index in [1.807, 2.05) is 6.07 Å². The molecule has 2 atom stereocenters. The lowest BCUT2D eigenvalue weighted by Gasteiger charge is -2.22. The number of aliphatic hydroxyl groups is 1. The van der Waals surface area contributed by atoms with Crippen LogP contribution in [0, 0.1) is 17.2 Å². The van der Waals surface area contributed by atoms with E-state index in [1.54, 1.807) is 18.6 Å². The molecule has 0 spiro atoms. The number of aromatic nitrogens is 3. The normalized spacial score (nSPS) is 22.5. The topological polar surface area (TPSA) is 85.9 Å². The van der Waals surface area contributed by atoms with Crippen LogP contribution < -0.4 is 4.90 Å². The largest absolute Gasteiger partial charge is 0.391 e. The van der Waals surface area contributed by atoms with Crippen molar-refractivity contribution >= 4 is 5.82 Å². The molecule has 0 amide bonds. The van der Waals surface area contributed by atoms with E-state index in [4.69, 9.17) is 4.98 Å². The molecule has 1 saturated heterocycles. The highest BCUT2D eigenvalue weighted by Gasteiger charge is 2.34. The molecule has 1 fully saturated rings. The molecule has 6 nitrogen and oxygen atoms in total. The van der Waals surface area contributed by atoms with Gasteiger partial charge in [0.05, 0.1) is 17.4 Å². The van der Waals surface area contributed by atoms with Crippen molar-refractivity contribution in [3.05, 3.63) is 47.2 Å². The van der Waals surface area contributed by atoms with Crippen LogP contribution in [0.3, 0.4) is 0 Å². The van der Waals surface area contributed by atoms with E-state index in [0.717, 1.165) is 36.5 Å². The number of hydrogen-bond donors (Lipinski definition) is 1. The summed E-state index contributed by atoms with van der Waals surface area (Å²) in [4.78, 5) is 15.3. The van der Waals surface area contributed by atoms with Gasteiger partial charge in [-0.3, -0.25) is 9.97 Å². The first-order valence-corrected chi connectivity index (χ1v) is 8.85. The van der Waals surface area contributed by atoms with Gasteiger partial charge in [0, 0.05) is 43.3 Å². The van der Waals surface area contributed by atoms with Crippen molar-refractivity contribution < 1.29 is 5.11 Å². The Kier molecular flexibility index (Phi) is 4.33. The Labute approximate surface area is 147 Å². The number of pyridine rings is 1. The van der Waals surface area contributed by atoms with Gasteiger partial charge in [-0.05, 0) is 43.7 Å². The van der Waals surface area contributed by atoms with Crippen molar-refractivity contribution in [2.24, 2.45) is 5.92 Å². The van der Waals surface area contributed by atoms with Gasteiger partial charge >= 0.3 is 0 Å². The molecule has 1 N–H and O–H groups in total. The van der Waals surface area contributed by atoms with Crippen LogP contribution in [0.1, 0.15) is 35.4 Å². The minimum atomic E-state index is -0.452. The highest BCUT2D eigenvalue weighted by molar-refractivity contribution is 5.57. The smallest absolute Gasteiger partial charge is 0.146 e. The van der Waals surface area contributed by atoms with Crippen LogP contribution in [0.5, 0.6) is 0 Å². The Morgan fingerprint density at radius 2 is 2.12 bits per heavy atom. The van der Waals surface area contributed by atoms with Crippen LogP contribution in [-0.2, 0) is 19.3 Å². The monoisotopic (exact) mass is 335 g/mol. The number of nitriles is 1. The molecule has 6 heteroatoms. The zero-order valence-corrected chi connectivity index (χ0v) is 14.1. The highest BCUT2D eigenvalue weighted by atomic mass is 16.3. The molecular weight excluding hydrogens is 314 g/mol. The zero-order valence-electron chi connectivity index (χ0n) is 14.1. The number of anilines is 1. The summed E-state index contributed by atoms with van der Waals surface area (Å²) in [6.07, 6.45) is 9.61. The van der Waals surface area contributed by atoms with E-state index in [1.165, 1.54) is 12.0 Å². The van der Waals surface area contributed by atoms with E-state index < -0.39 is 6.10 Å². The number of aliphatic hydroxyl groups excluding tert-OH is 1. The third-order valence-corrected chi connectivity index (χ3v) is 5.20. The SMILES string of the molecule is N#Cc1cc2c(nc1N1C[C@@H](Cc3cnccn3)[C@H](O)C1)CCCC2. The molecule has 0 bridgehead atoms. The first-order valence-electron chi connectivity index (χ1n) is 8.85. The molecule has 25 heavy (non-hydrogen) atoms. The number of aryl methyl sites for hydroxylation is 2. The van der Waals surface area contributed by atoms with E-state index in [2.05, 4.69) is 20.9 Å². The summed E-state index contributed by atoms with van der Waals surface area (Å²) in [6.45, 7) is 1.18. The summed E-state index contributed by atoms with van der Waals surface area (Å²) >= 11 is 0. The lowest BCUT2D eigenvalue weighted by atomic mass is 9.95. The van der Waals surface area contributed by atoms with Gasteiger partial charge in [0.25, 0.3) is 0 Å². The summed E-state index contributed by atoms with van der Waals surface area (Å²) in [5.74, 6) is 0.796. The Hall–Kier alpha value is -2.52. The molecule has 3 heterocycles. The quantitative estimate of drug-likeness (QED) is 0.918. The Morgan fingerprint density at radius 1 is 1.24 bits per heavy atom. The van der Waals surface area contributed by atoms with Crippen LogP contribution in [0.4, 0.5) is 5.82 Å². The molecule has 2 aromatic heterocycles. The van der Waals surface area contributed by atoms with Gasteiger partial charge in [0.1, 0.15) is 11.9 Å². The molecule has 1 aliphatic carbocycles. The fourth-order valence-corrected chi connectivity index (χ4v) is 3.88. The predicted molar refractivity (Wildman–Crippen MR) is 93.0 cm³/mol. The summed E-state index contributed by atoms with van der Waals surface area (Å²) in [5.41, 5.74) is 3.83. The summed E-state index contributed by atoms with van der Waals surface area (Å²) in [6, 6.07) is 4.29. The number of nitrogens with zero attached hydrogens (tertiary/aromatic N) is 5. The van der Waals surface area contributed by atoms with E-state index in [-0.39, 0.29) is 5.92 Å². The fraction of sp³-hybridized carbons (Fsp3) is 0.474. The number of fused-ring (bicyclic) bond motifs is 1. The minimum absolute atomic E-state index is 0.0704. The van der Waals surface area contributed by atoms with Crippen LogP contribution in [0.2, 0.25) is 0 Å².